The van der Waals surface area contributed by atoms with Gasteiger partial charge < -0.3 is 10.1 Å². The Bertz CT molecular complexity index is 244. The van der Waals surface area contributed by atoms with E-state index in [0.29, 0.717) is 17.4 Å². The summed E-state index contributed by atoms with van der Waals surface area (Å²) >= 11 is 3.67. The van der Waals surface area contributed by atoms with Gasteiger partial charge in [-0.3, -0.25) is 4.79 Å². The van der Waals surface area contributed by atoms with Crippen LogP contribution in [0.2, 0.25) is 0 Å². The lowest BCUT2D eigenvalue weighted by molar-refractivity contribution is -0.124. The first-order valence-electron chi connectivity index (χ1n) is 6.61. The van der Waals surface area contributed by atoms with E-state index >= 15 is 0 Å². The monoisotopic (exact) mass is 305 g/mol. The van der Waals surface area contributed by atoms with Gasteiger partial charge >= 0.3 is 0 Å². The molecular formula is C13H24BrNO2. The third-order valence-corrected chi connectivity index (χ3v) is 4.67. The highest BCUT2D eigenvalue weighted by molar-refractivity contribution is 9.09. The van der Waals surface area contributed by atoms with Crippen LogP contribution in [0, 0.1) is 11.8 Å². The van der Waals surface area contributed by atoms with Crippen LogP contribution < -0.4 is 5.32 Å². The minimum absolute atomic E-state index is 0.0476. The van der Waals surface area contributed by atoms with Crippen molar-refractivity contribution in [2.24, 2.45) is 11.8 Å². The van der Waals surface area contributed by atoms with Crippen LogP contribution in [-0.2, 0) is 9.53 Å². The number of nitrogens with one attached hydrogen (secondary N) is 1. The van der Waals surface area contributed by atoms with Crippen molar-refractivity contribution in [1.82, 2.24) is 5.32 Å². The lowest BCUT2D eigenvalue weighted by Crippen LogP contribution is -2.37. The number of hydrogen-bond acceptors (Lipinski definition) is 2. The van der Waals surface area contributed by atoms with E-state index in [0.717, 1.165) is 25.8 Å². The summed E-state index contributed by atoms with van der Waals surface area (Å²) in [6, 6.07) is 0. The number of rotatable bonds is 6. The zero-order valence-electron chi connectivity index (χ0n) is 11.0. The summed E-state index contributed by atoms with van der Waals surface area (Å²) < 4.78 is 5.41. The zero-order valence-corrected chi connectivity index (χ0v) is 12.6. The fourth-order valence-corrected chi connectivity index (χ4v) is 3.22. The fraction of sp³-hybridized carbons (Fsp3) is 0.923. The second kappa shape index (κ2) is 7.37. The van der Waals surface area contributed by atoms with Crippen molar-refractivity contribution in [3.05, 3.63) is 0 Å². The Balaban J connectivity index is 2.27. The number of ether oxygens (including phenoxy) is 1. The van der Waals surface area contributed by atoms with Crippen LogP contribution >= 0.6 is 15.9 Å². The minimum Gasteiger partial charge on any atom is -0.378 e. The molecule has 1 aliphatic rings. The summed E-state index contributed by atoms with van der Waals surface area (Å²) in [6.07, 6.45) is 3.37. The van der Waals surface area contributed by atoms with Gasteiger partial charge in [-0.25, -0.2) is 0 Å². The van der Waals surface area contributed by atoms with Gasteiger partial charge in [-0.2, -0.15) is 0 Å². The Morgan fingerprint density at radius 2 is 2.12 bits per heavy atom. The van der Waals surface area contributed by atoms with Crippen LogP contribution in [0.15, 0.2) is 0 Å². The van der Waals surface area contributed by atoms with E-state index in [1.807, 2.05) is 6.92 Å². The molecule has 100 valence electrons. The second-order valence-corrected chi connectivity index (χ2v) is 6.09. The highest BCUT2D eigenvalue weighted by Crippen LogP contribution is 2.21. The van der Waals surface area contributed by atoms with Crippen LogP contribution in [0.1, 0.15) is 40.0 Å². The molecule has 1 rings (SSSR count). The summed E-state index contributed by atoms with van der Waals surface area (Å²) in [4.78, 5) is 12.3. The minimum atomic E-state index is 0.0476. The number of carbonyl (C=O) groups is 1. The second-order valence-electron chi connectivity index (χ2n) is 4.91. The van der Waals surface area contributed by atoms with Crippen LogP contribution in [0.4, 0.5) is 0 Å². The molecule has 1 fully saturated rings. The first-order chi connectivity index (χ1) is 8.08. The lowest BCUT2D eigenvalue weighted by Gasteiger charge is -2.20. The van der Waals surface area contributed by atoms with Crippen molar-refractivity contribution in [3.8, 4) is 0 Å². The molecule has 0 aromatic heterocycles. The average molecular weight is 306 g/mol. The van der Waals surface area contributed by atoms with Gasteiger partial charge in [0.05, 0.1) is 18.6 Å². The van der Waals surface area contributed by atoms with E-state index in [1.54, 1.807) is 0 Å². The van der Waals surface area contributed by atoms with Gasteiger partial charge in [-0.1, -0.05) is 42.6 Å². The van der Waals surface area contributed by atoms with Gasteiger partial charge in [0, 0.05) is 11.4 Å². The molecule has 3 unspecified atom stereocenters. The average Bonchev–Trinajstić information content (AvgIpc) is 2.74. The molecule has 0 spiro atoms. The zero-order chi connectivity index (χ0) is 12.8. The maximum Gasteiger partial charge on any atom is 0.225 e. The summed E-state index contributed by atoms with van der Waals surface area (Å²) in [6.45, 7) is 7.69. The molecule has 3 nitrogen and oxygen atoms in total. The van der Waals surface area contributed by atoms with Gasteiger partial charge in [-0.05, 0) is 19.3 Å². The molecule has 1 amide bonds. The highest BCUT2D eigenvalue weighted by Gasteiger charge is 2.28. The first kappa shape index (κ1) is 15.0. The van der Waals surface area contributed by atoms with E-state index in [2.05, 4.69) is 35.1 Å². The quantitative estimate of drug-likeness (QED) is 0.766. The van der Waals surface area contributed by atoms with Crippen molar-refractivity contribution >= 4 is 21.8 Å². The Morgan fingerprint density at radius 3 is 2.59 bits per heavy atom. The van der Waals surface area contributed by atoms with E-state index in [9.17, 15) is 4.79 Å². The molecule has 0 aromatic carbocycles. The Kier molecular flexibility index (Phi) is 6.49. The third-order valence-electron chi connectivity index (χ3n) is 3.60. The molecule has 0 saturated carbocycles. The van der Waals surface area contributed by atoms with Gasteiger partial charge in [0.1, 0.15) is 0 Å². The standard InChI is InChI=1S/C13H24BrNO2/c1-4-10(5-2)12(14)7-15-13(16)11-6-9(3)17-8-11/h9-12H,4-8H2,1-3H3,(H,15,16). The predicted octanol–water partition coefficient (Wildman–Crippen LogP) is 2.73. The molecule has 0 aromatic rings. The van der Waals surface area contributed by atoms with E-state index < -0.39 is 0 Å². The van der Waals surface area contributed by atoms with Crippen molar-refractivity contribution in [2.75, 3.05) is 13.2 Å². The van der Waals surface area contributed by atoms with Crippen LogP contribution in [0.5, 0.6) is 0 Å². The molecule has 1 heterocycles. The van der Waals surface area contributed by atoms with Crippen LogP contribution in [-0.4, -0.2) is 30.0 Å². The molecule has 0 bridgehead atoms. The Hall–Kier alpha value is -0.0900. The van der Waals surface area contributed by atoms with Crippen LogP contribution in [0.3, 0.4) is 0 Å². The molecule has 17 heavy (non-hydrogen) atoms. The smallest absolute Gasteiger partial charge is 0.225 e. The molecule has 0 radical (unpaired) electrons. The van der Waals surface area contributed by atoms with Crippen molar-refractivity contribution < 1.29 is 9.53 Å². The topological polar surface area (TPSA) is 38.3 Å². The normalized spacial score (nSPS) is 26.2. The summed E-state index contributed by atoms with van der Waals surface area (Å²) in [5, 5.41) is 3.03. The van der Waals surface area contributed by atoms with Gasteiger partial charge in [0.15, 0.2) is 0 Å². The number of hydrogen-bond donors (Lipinski definition) is 1. The molecule has 1 saturated heterocycles. The maximum atomic E-state index is 11.9. The van der Waals surface area contributed by atoms with E-state index in [4.69, 9.17) is 4.74 Å². The number of amides is 1. The molecule has 4 heteroatoms. The van der Waals surface area contributed by atoms with Gasteiger partial charge in [-0.15, -0.1) is 0 Å². The lowest BCUT2D eigenvalue weighted by atomic mass is 9.99. The first-order valence-corrected chi connectivity index (χ1v) is 7.53. The molecule has 0 aliphatic carbocycles. The number of carbonyl (C=O) groups excluding carboxylic acids is 1. The third kappa shape index (κ3) is 4.59. The molecule has 1 aliphatic heterocycles. The maximum absolute atomic E-state index is 11.9. The number of halogens is 1. The fourth-order valence-electron chi connectivity index (χ4n) is 2.31. The Labute approximate surface area is 113 Å². The largest absolute Gasteiger partial charge is 0.378 e. The summed E-state index contributed by atoms with van der Waals surface area (Å²) in [5.41, 5.74) is 0. The van der Waals surface area contributed by atoms with E-state index in [1.165, 1.54) is 0 Å². The van der Waals surface area contributed by atoms with Gasteiger partial charge in [0.25, 0.3) is 0 Å². The van der Waals surface area contributed by atoms with Gasteiger partial charge in [0.2, 0.25) is 5.91 Å². The molecule has 3 atom stereocenters. The SMILES string of the molecule is CCC(CC)C(Br)CNC(=O)C1COC(C)C1. The van der Waals surface area contributed by atoms with E-state index in [-0.39, 0.29) is 17.9 Å². The summed E-state index contributed by atoms with van der Waals surface area (Å²) in [7, 11) is 0. The molecule has 1 N–H and O–H groups in total. The Morgan fingerprint density at radius 1 is 1.47 bits per heavy atom. The van der Waals surface area contributed by atoms with Crippen molar-refractivity contribution in [3.63, 3.8) is 0 Å². The van der Waals surface area contributed by atoms with Crippen LogP contribution in [0.25, 0.3) is 0 Å². The number of alkyl halides is 1. The highest BCUT2D eigenvalue weighted by atomic mass is 79.9. The van der Waals surface area contributed by atoms with Crippen molar-refractivity contribution in [1.29, 1.82) is 0 Å². The predicted molar refractivity (Wildman–Crippen MR) is 73.3 cm³/mol. The van der Waals surface area contributed by atoms with Crippen molar-refractivity contribution in [2.45, 2.75) is 51.0 Å². The molecular weight excluding hydrogens is 282 g/mol. The summed E-state index contributed by atoms with van der Waals surface area (Å²) in [5.74, 6) is 0.824.